The molecule has 0 saturated heterocycles. The van der Waals surface area contributed by atoms with Crippen LogP contribution in [0, 0.1) is 0 Å². The lowest BCUT2D eigenvalue weighted by molar-refractivity contribution is -0.167. The standard InChI is InChI=1S/C60H108O6/c1-4-7-10-13-16-19-22-25-28-30-32-35-38-41-44-47-50-53-59(62)65-56-57(55-64-58(61)52-49-46-43-40-37-34-27-24-21-18-15-12-9-6-3)66-60(63)54-51-48-45-42-39-36-33-31-29-26-23-20-17-14-11-8-5-2/h15,18,24-29,57H,4-14,16-17,19-23,30-56H2,1-3H3/b18-15-,27-24-,28-25-,29-26-. The quantitative estimate of drug-likeness (QED) is 0.0262. The van der Waals surface area contributed by atoms with Crippen LogP contribution in [0.2, 0.25) is 0 Å². The molecule has 6 nitrogen and oxygen atoms in total. The van der Waals surface area contributed by atoms with Crippen LogP contribution in [0.3, 0.4) is 0 Å². The van der Waals surface area contributed by atoms with Crippen LogP contribution in [0.1, 0.15) is 297 Å². The molecule has 0 spiro atoms. The highest BCUT2D eigenvalue weighted by Crippen LogP contribution is 2.15. The number of carbonyl (C=O) groups is 3. The van der Waals surface area contributed by atoms with Gasteiger partial charge in [0.05, 0.1) is 0 Å². The van der Waals surface area contributed by atoms with E-state index < -0.39 is 6.10 Å². The van der Waals surface area contributed by atoms with Gasteiger partial charge in [-0.05, 0) is 96.3 Å². The summed E-state index contributed by atoms with van der Waals surface area (Å²) in [6.07, 6.45) is 66.6. The second-order valence-electron chi connectivity index (χ2n) is 19.2. The number of hydrogen-bond donors (Lipinski definition) is 0. The molecule has 0 aromatic rings. The van der Waals surface area contributed by atoms with Gasteiger partial charge in [-0.1, -0.05) is 230 Å². The summed E-state index contributed by atoms with van der Waals surface area (Å²) < 4.78 is 16.9. The van der Waals surface area contributed by atoms with E-state index in [9.17, 15) is 14.4 Å². The van der Waals surface area contributed by atoms with E-state index in [-0.39, 0.29) is 31.1 Å². The van der Waals surface area contributed by atoms with Gasteiger partial charge in [-0.25, -0.2) is 0 Å². The van der Waals surface area contributed by atoms with Gasteiger partial charge in [0.25, 0.3) is 0 Å². The topological polar surface area (TPSA) is 78.9 Å². The third-order valence-corrected chi connectivity index (χ3v) is 12.5. The number of rotatable bonds is 52. The highest BCUT2D eigenvalue weighted by Gasteiger charge is 2.19. The fourth-order valence-electron chi connectivity index (χ4n) is 8.15. The van der Waals surface area contributed by atoms with Crippen molar-refractivity contribution in [3.8, 4) is 0 Å². The number of unbranched alkanes of at least 4 members (excludes halogenated alkanes) is 33. The second kappa shape index (κ2) is 55.0. The maximum absolute atomic E-state index is 12.8. The van der Waals surface area contributed by atoms with Gasteiger partial charge in [0, 0.05) is 19.3 Å². The Morgan fingerprint density at radius 2 is 0.561 bits per heavy atom. The van der Waals surface area contributed by atoms with Crippen molar-refractivity contribution >= 4 is 17.9 Å². The lowest BCUT2D eigenvalue weighted by atomic mass is 10.1. The molecule has 0 fully saturated rings. The van der Waals surface area contributed by atoms with E-state index in [0.717, 1.165) is 77.0 Å². The smallest absolute Gasteiger partial charge is 0.306 e. The largest absolute Gasteiger partial charge is 0.462 e. The van der Waals surface area contributed by atoms with Crippen molar-refractivity contribution < 1.29 is 28.6 Å². The molecule has 0 rings (SSSR count). The minimum Gasteiger partial charge on any atom is -0.462 e. The lowest BCUT2D eigenvalue weighted by Gasteiger charge is -2.18. The molecule has 0 aromatic carbocycles. The molecule has 1 atom stereocenters. The van der Waals surface area contributed by atoms with Crippen LogP contribution in [-0.4, -0.2) is 37.2 Å². The zero-order chi connectivity index (χ0) is 47.9. The number of carbonyl (C=O) groups excluding carboxylic acids is 3. The van der Waals surface area contributed by atoms with Crippen LogP contribution in [0.4, 0.5) is 0 Å². The summed E-state index contributed by atoms with van der Waals surface area (Å²) in [5.74, 6) is -0.891. The first-order valence-electron chi connectivity index (χ1n) is 28.6. The summed E-state index contributed by atoms with van der Waals surface area (Å²) in [6, 6.07) is 0. The normalized spacial score (nSPS) is 12.3. The summed E-state index contributed by atoms with van der Waals surface area (Å²) in [5, 5.41) is 0. The molecule has 0 saturated carbocycles. The molecule has 0 aliphatic carbocycles. The van der Waals surface area contributed by atoms with Gasteiger partial charge in [0.2, 0.25) is 0 Å². The second-order valence-corrected chi connectivity index (χ2v) is 19.2. The minimum atomic E-state index is -0.782. The molecule has 1 unspecified atom stereocenters. The Labute approximate surface area is 409 Å². The average molecular weight is 926 g/mol. The fraction of sp³-hybridized carbons (Fsp3) is 0.817. The average Bonchev–Trinajstić information content (AvgIpc) is 3.31. The minimum absolute atomic E-state index is 0.0803. The molecule has 0 aliphatic rings. The molecule has 66 heavy (non-hydrogen) atoms. The predicted octanol–water partition coefficient (Wildman–Crippen LogP) is 19.0. The summed E-state index contributed by atoms with van der Waals surface area (Å²) in [6.45, 7) is 6.60. The van der Waals surface area contributed by atoms with Gasteiger partial charge in [-0.15, -0.1) is 0 Å². The summed E-state index contributed by atoms with van der Waals surface area (Å²) in [5.41, 5.74) is 0. The zero-order valence-corrected chi connectivity index (χ0v) is 44.0. The highest BCUT2D eigenvalue weighted by molar-refractivity contribution is 5.71. The van der Waals surface area contributed by atoms with Crippen LogP contribution in [0.15, 0.2) is 48.6 Å². The van der Waals surface area contributed by atoms with E-state index in [0.29, 0.717) is 19.3 Å². The van der Waals surface area contributed by atoms with Gasteiger partial charge in [-0.3, -0.25) is 14.4 Å². The van der Waals surface area contributed by atoms with E-state index in [2.05, 4.69) is 69.4 Å². The summed E-state index contributed by atoms with van der Waals surface area (Å²) in [4.78, 5) is 38.1. The van der Waals surface area contributed by atoms with Crippen LogP contribution < -0.4 is 0 Å². The highest BCUT2D eigenvalue weighted by atomic mass is 16.6. The monoisotopic (exact) mass is 925 g/mol. The van der Waals surface area contributed by atoms with Crippen molar-refractivity contribution in [3.63, 3.8) is 0 Å². The van der Waals surface area contributed by atoms with E-state index in [1.54, 1.807) is 0 Å². The van der Waals surface area contributed by atoms with Crippen molar-refractivity contribution in [2.45, 2.75) is 303 Å². The Bertz CT molecular complexity index is 1150. The first-order chi connectivity index (χ1) is 32.5. The molecule has 0 heterocycles. The van der Waals surface area contributed by atoms with Gasteiger partial charge in [0.1, 0.15) is 13.2 Å². The maximum Gasteiger partial charge on any atom is 0.306 e. The van der Waals surface area contributed by atoms with Gasteiger partial charge in [-0.2, -0.15) is 0 Å². The summed E-state index contributed by atoms with van der Waals surface area (Å²) in [7, 11) is 0. The maximum atomic E-state index is 12.8. The fourth-order valence-corrected chi connectivity index (χ4v) is 8.15. The van der Waals surface area contributed by atoms with Gasteiger partial charge in [0.15, 0.2) is 6.10 Å². The SMILES string of the molecule is CCCC/C=C\C/C=C\CCCCCCCC(=O)OCC(COC(=O)CCCCCCCCC/C=C\CCCCCCCC)OC(=O)CCCCCCCCC/C=C\CCCCCCCC. The summed E-state index contributed by atoms with van der Waals surface area (Å²) >= 11 is 0. The Hall–Kier alpha value is -2.63. The van der Waals surface area contributed by atoms with Crippen molar-refractivity contribution in [2.24, 2.45) is 0 Å². The third kappa shape index (κ3) is 52.3. The Kier molecular flexibility index (Phi) is 52.8. The zero-order valence-electron chi connectivity index (χ0n) is 44.0. The molecule has 384 valence electrons. The molecule has 0 amide bonds. The number of esters is 3. The van der Waals surface area contributed by atoms with Gasteiger partial charge < -0.3 is 14.2 Å². The first-order valence-corrected chi connectivity index (χ1v) is 28.6. The number of allylic oxidation sites excluding steroid dienone is 8. The van der Waals surface area contributed by atoms with Crippen molar-refractivity contribution in [1.82, 2.24) is 0 Å². The molecular weight excluding hydrogens is 817 g/mol. The molecule has 0 aliphatic heterocycles. The Morgan fingerprint density at radius 3 is 0.894 bits per heavy atom. The van der Waals surface area contributed by atoms with Crippen LogP contribution in [0.25, 0.3) is 0 Å². The molecule has 0 N–H and O–H groups in total. The van der Waals surface area contributed by atoms with Gasteiger partial charge >= 0.3 is 17.9 Å². The van der Waals surface area contributed by atoms with Crippen LogP contribution >= 0.6 is 0 Å². The molecule has 0 bridgehead atoms. The number of hydrogen-bond acceptors (Lipinski definition) is 6. The van der Waals surface area contributed by atoms with E-state index >= 15 is 0 Å². The predicted molar refractivity (Wildman–Crippen MR) is 284 cm³/mol. The first kappa shape index (κ1) is 63.4. The molecule has 0 aromatic heterocycles. The Balaban J connectivity index is 4.38. The van der Waals surface area contributed by atoms with Crippen LogP contribution in [0.5, 0.6) is 0 Å². The molecule has 0 radical (unpaired) electrons. The van der Waals surface area contributed by atoms with E-state index in [1.165, 1.54) is 180 Å². The lowest BCUT2D eigenvalue weighted by Crippen LogP contribution is -2.30. The van der Waals surface area contributed by atoms with E-state index in [1.807, 2.05) is 0 Å². The van der Waals surface area contributed by atoms with Crippen molar-refractivity contribution in [2.75, 3.05) is 13.2 Å². The third-order valence-electron chi connectivity index (χ3n) is 12.5. The van der Waals surface area contributed by atoms with Crippen molar-refractivity contribution in [3.05, 3.63) is 48.6 Å². The number of ether oxygens (including phenoxy) is 3. The van der Waals surface area contributed by atoms with E-state index in [4.69, 9.17) is 14.2 Å². The Morgan fingerprint density at radius 1 is 0.303 bits per heavy atom. The molecular formula is C60H108O6. The van der Waals surface area contributed by atoms with Crippen molar-refractivity contribution in [1.29, 1.82) is 0 Å². The molecule has 6 heteroatoms. The van der Waals surface area contributed by atoms with Crippen LogP contribution in [-0.2, 0) is 28.6 Å².